The molecule has 5 aliphatic heterocycles. The van der Waals surface area contributed by atoms with E-state index in [1.807, 2.05) is 51.0 Å². The van der Waals surface area contributed by atoms with Crippen LogP contribution in [-0.4, -0.2) is 53.9 Å². The van der Waals surface area contributed by atoms with E-state index < -0.39 is 29.5 Å². The van der Waals surface area contributed by atoms with Crippen LogP contribution in [0.15, 0.2) is 78.5 Å². The number of halogens is 2. The van der Waals surface area contributed by atoms with E-state index in [1.165, 1.54) is 6.08 Å². The van der Waals surface area contributed by atoms with Crippen LogP contribution in [-0.2, 0) is 4.79 Å². The van der Waals surface area contributed by atoms with Crippen LogP contribution in [0.4, 0.5) is 8.78 Å². The van der Waals surface area contributed by atoms with E-state index in [1.54, 1.807) is 23.3 Å². The minimum atomic E-state index is -1.30. The zero-order valence-electron chi connectivity index (χ0n) is 20.9. The summed E-state index contributed by atoms with van der Waals surface area (Å²) in [6.45, 7) is 0. The summed E-state index contributed by atoms with van der Waals surface area (Å²) in [4.78, 5) is 15.8. The molecule has 2 aromatic carbocycles. The van der Waals surface area contributed by atoms with Crippen LogP contribution in [0.3, 0.4) is 0 Å². The Labute approximate surface area is 223 Å². The van der Waals surface area contributed by atoms with Crippen molar-refractivity contribution in [3.05, 3.63) is 101 Å². The molecule has 1 aliphatic carbocycles. The van der Waals surface area contributed by atoms with Crippen LogP contribution >= 0.6 is 0 Å². The summed E-state index contributed by atoms with van der Waals surface area (Å²) >= 11 is 0. The van der Waals surface area contributed by atoms with Crippen molar-refractivity contribution in [3.8, 4) is 16.9 Å². The summed E-state index contributed by atoms with van der Waals surface area (Å²) in [5.41, 5.74) is 2.94. The molecule has 0 radical (unpaired) electrons. The first kappa shape index (κ1) is 23.0. The Hall–Kier alpha value is -3.95. The second kappa shape index (κ2) is 8.03. The smallest absolute Gasteiger partial charge is 0.277 e. The lowest BCUT2D eigenvalue weighted by molar-refractivity contribution is -0.203. The van der Waals surface area contributed by atoms with Gasteiger partial charge in [-0.3, -0.25) is 9.80 Å². The third-order valence-electron chi connectivity index (χ3n) is 9.14. The number of hydrogen-bond donors (Lipinski definition) is 2. The Morgan fingerprint density at radius 3 is 2.54 bits per heavy atom. The van der Waals surface area contributed by atoms with Gasteiger partial charge in [0.2, 0.25) is 0 Å². The van der Waals surface area contributed by atoms with Gasteiger partial charge >= 0.3 is 0 Å². The monoisotopic (exact) mass is 528 g/mol. The van der Waals surface area contributed by atoms with Gasteiger partial charge in [-0.05, 0) is 73.1 Å². The Kier molecular flexibility index (Phi) is 4.73. The van der Waals surface area contributed by atoms with Crippen LogP contribution < -0.4 is 0 Å². The highest BCUT2D eigenvalue weighted by Crippen LogP contribution is 2.52. The molecular formula is C30H26F2N4O3. The molecule has 2 N–H and O–H groups in total. The van der Waals surface area contributed by atoms with Gasteiger partial charge < -0.3 is 19.7 Å². The van der Waals surface area contributed by atoms with E-state index >= 15 is 4.39 Å². The van der Waals surface area contributed by atoms with Crippen molar-refractivity contribution in [2.24, 2.45) is 5.92 Å². The summed E-state index contributed by atoms with van der Waals surface area (Å²) in [6.07, 6.45) is 6.86. The van der Waals surface area contributed by atoms with Crippen LogP contribution in [0.5, 0.6) is 0 Å². The third-order valence-corrected chi connectivity index (χ3v) is 9.14. The summed E-state index contributed by atoms with van der Waals surface area (Å²) in [7, 11) is 0. The first-order chi connectivity index (χ1) is 19.0. The number of amides is 1. The standard InChI is InChI=1S/C30H26F2N4O3/c31-20-12-11-19-24(25(20)32)22-6-3-14-33(22)21-5-2-1-4-18(21)26(19)36-29-16-7-9-17(10-8-16)35(29)30(39)27-28(38)23(37)13-15-34(27)36/h1-6,11-17,23,26,29,37-38H,7-10H2. The third kappa shape index (κ3) is 2.94. The number of nitrogens with zero attached hydrogens (tertiary/aromatic N) is 4. The predicted molar refractivity (Wildman–Crippen MR) is 138 cm³/mol. The van der Waals surface area contributed by atoms with Crippen molar-refractivity contribution in [3.63, 3.8) is 0 Å². The SMILES string of the molecule is O=C1C2=C(O)C(O)C=CN2N(C2c3ccccc3-n3cccc3-c3c2ccc(F)c3F)C2C3CCC(CC3)N12. The quantitative estimate of drug-likeness (QED) is 0.478. The first-order valence-electron chi connectivity index (χ1n) is 13.4. The molecule has 3 saturated heterocycles. The predicted octanol–water partition coefficient (Wildman–Crippen LogP) is 4.74. The molecule has 1 saturated carbocycles. The van der Waals surface area contributed by atoms with Crippen LogP contribution in [0, 0.1) is 17.6 Å². The van der Waals surface area contributed by atoms with E-state index in [-0.39, 0.29) is 35.3 Å². The first-order valence-corrected chi connectivity index (χ1v) is 13.4. The van der Waals surface area contributed by atoms with Crippen LogP contribution in [0.1, 0.15) is 42.9 Å². The van der Waals surface area contributed by atoms with Crippen molar-refractivity contribution in [2.75, 3.05) is 0 Å². The molecular weight excluding hydrogens is 502 g/mol. The lowest BCUT2D eigenvalue weighted by Gasteiger charge is -2.62. The number of fused-ring (bicyclic) bond motifs is 8. The van der Waals surface area contributed by atoms with Gasteiger partial charge in [0.25, 0.3) is 5.91 Å². The van der Waals surface area contributed by atoms with Gasteiger partial charge in [0.05, 0.1) is 17.4 Å². The van der Waals surface area contributed by atoms with E-state index in [9.17, 15) is 19.4 Å². The fourth-order valence-corrected chi connectivity index (χ4v) is 7.50. The summed E-state index contributed by atoms with van der Waals surface area (Å²) in [6, 6.07) is 13.5. The molecule has 7 nitrogen and oxygen atoms in total. The van der Waals surface area contributed by atoms with Gasteiger partial charge in [0.1, 0.15) is 12.3 Å². The summed E-state index contributed by atoms with van der Waals surface area (Å²) in [5.74, 6) is -2.43. The van der Waals surface area contributed by atoms with Gasteiger partial charge in [-0.2, -0.15) is 5.01 Å². The topological polar surface area (TPSA) is 72.2 Å². The lowest BCUT2D eigenvalue weighted by atomic mass is 9.75. The van der Waals surface area contributed by atoms with Gasteiger partial charge in [0, 0.05) is 24.0 Å². The van der Waals surface area contributed by atoms with Gasteiger partial charge in [-0.25, -0.2) is 8.78 Å². The minimum absolute atomic E-state index is 0.000262. The maximum absolute atomic E-state index is 15.8. The fourth-order valence-electron chi connectivity index (χ4n) is 7.50. The normalized spacial score (nSPS) is 29.0. The molecule has 9 heteroatoms. The number of piperidine rings is 2. The number of aromatic nitrogens is 1. The molecule has 9 rings (SSSR count). The maximum atomic E-state index is 15.8. The molecule has 2 bridgehead atoms. The molecule has 3 atom stereocenters. The number of hydrazine groups is 1. The number of aliphatic hydroxyl groups is 2. The lowest BCUT2D eigenvalue weighted by Crippen LogP contribution is -2.72. The van der Waals surface area contributed by atoms with E-state index in [4.69, 9.17) is 0 Å². The molecule has 39 heavy (non-hydrogen) atoms. The van der Waals surface area contributed by atoms with E-state index in [0.717, 1.165) is 43.0 Å². The van der Waals surface area contributed by atoms with Crippen molar-refractivity contribution in [1.29, 1.82) is 0 Å². The molecule has 198 valence electrons. The highest BCUT2D eigenvalue weighted by molar-refractivity contribution is 5.95. The summed E-state index contributed by atoms with van der Waals surface area (Å²) in [5, 5.41) is 25.2. The van der Waals surface area contributed by atoms with Crippen LogP contribution in [0.2, 0.25) is 0 Å². The molecule has 1 aromatic heterocycles. The van der Waals surface area contributed by atoms with Crippen molar-refractivity contribution in [1.82, 2.24) is 19.5 Å². The van der Waals surface area contributed by atoms with E-state index in [2.05, 4.69) is 0 Å². The molecule has 3 unspecified atom stereocenters. The molecule has 4 fully saturated rings. The Balaban J connectivity index is 1.45. The largest absolute Gasteiger partial charge is 0.507 e. The molecule has 1 amide bonds. The number of benzene rings is 2. The zero-order valence-corrected chi connectivity index (χ0v) is 20.9. The fraction of sp³-hybridized carbons (Fsp3) is 0.300. The van der Waals surface area contributed by atoms with Crippen molar-refractivity contribution >= 4 is 5.91 Å². The number of carbonyl (C=O) groups is 1. The van der Waals surface area contributed by atoms with E-state index in [0.29, 0.717) is 11.3 Å². The number of aliphatic hydroxyl groups excluding tert-OH is 2. The number of para-hydroxylation sites is 1. The van der Waals surface area contributed by atoms with Gasteiger partial charge in [-0.1, -0.05) is 24.3 Å². The summed E-state index contributed by atoms with van der Waals surface area (Å²) < 4.78 is 32.5. The van der Waals surface area contributed by atoms with Crippen molar-refractivity contribution in [2.45, 2.75) is 50.0 Å². The number of rotatable bonds is 1. The Morgan fingerprint density at radius 2 is 1.72 bits per heavy atom. The van der Waals surface area contributed by atoms with Crippen LogP contribution in [0.25, 0.3) is 16.9 Å². The minimum Gasteiger partial charge on any atom is -0.507 e. The molecule has 3 aromatic rings. The maximum Gasteiger partial charge on any atom is 0.277 e. The van der Waals surface area contributed by atoms with Gasteiger partial charge in [-0.15, -0.1) is 0 Å². The second-order valence-corrected chi connectivity index (χ2v) is 11.0. The molecule has 6 heterocycles. The average Bonchev–Trinajstić information content (AvgIpc) is 3.40. The van der Waals surface area contributed by atoms with Crippen molar-refractivity contribution < 1.29 is 23.8 Å². The number of hydrogen-bond acceptors (Lipinski definition) is 5. The Bertz CT molecular complexity index is 1610. The Morgan fingerprint density at radius 1 is 0.923 bits per heavy atom. The van der Waals surface area contributed by atoms with Gasteiger partial charge in [0.15, 0.2) is 23.1 Å². The molecule has 0 spiro atoms. The zero-order chi connectivity index (χ0) is 26.6. The highest BCUT2D eigenvalue weighted by Gasteiger charge is 2.57. The average molecular weight is 529 g/mol. The second-order valence-electron chi connectivity index (χ2n) is 11.0. The number of carbonyl (C=O) groups excluding carboxylic acids is 1. The highest BCUT2D eigenvalue weighted by atomic mass is 19.2. The molecule has 6 aliphatic rings.